The molecule has 0 aliphatic carbocycles. The molecule has 21 heavy (non-hydrogen) atoms. The monoisotopic (exact) mass is 280 g/mol. The maximum absolute atomic E-state index is 4.78. The highest BCUT2D eigenvalue weighted by molar-refractivity contribution is 5.80. The maximum Gasteiger partial charge on any atom is 0.141 e. The van der Waals surface area contributed by atoms with E-state index in [2.05, 4.69) is 59.9 Å². The van der Waals surface area contributed by atoms with Crippen molar-refractivity contribution in [2.75, 3.05) is 12.4 Å². The number of imidazole rings is 1. The first-order valence-electron chi connectivity index (χ1n) is 7.12. The van der Waals surface area contributed by atoms with Crippen LogP contribution in [-0.2, 0) is 5.54 Å². The van der Waals surface area contributed by atoms with Crippen LogP contribution in [0.1, 0.15) is 20.8 Å². The highest BCUT2D eigenvalue weighted by Crippen LogP contribution is 2.31. The van der Waals surface area contributed by atoms with E-state index in [-0.39, 0.29) is 5.54 Å². The first-order chi connectivity index (χ1) is 10.0. The van der Waals surface area contributed by atoms with Crippen molar-refractivity contribution >= 4 is 16.7 Å². The third-order valence-corrected chi connectivity index (χ3v) is 3.56. The summed E-state index contributed by atoms with van der Waals surface area (Å²) in [5.74, 6) is 0.980. The molecule has 0 radical (unpaired) electrons. The van der Waals surface area contributed by atoms with E-state index < -0.39 is 0 Å². The van der Waals surface area contributed by atoms with Gasteiger partial charge in [0, 0.05) is 30.0 Å². The average Bonchev–Trinajstić information content (AvgIpc) is 2.86. The van der Waals surface area contributed by atoms with Crippen LogP contribution >= 0.6 is 0 Å². The van der Waals surface area contributed by atoms with Gasteiger partial charge in [0.1, 0.15) is 11.3 Å². The number of rotatable bonds is 2. The predicted molar refractivity (Wildman–Crippen MR) is 87.5 cm³/mol. The highest BCUT2D eigenvalue weighted by atomic mass is 15.1. The number of hydrogen-bond acceptors (Lipinski definition) is 3. The van der Waals surface area contributed by atoms with Crippen LogP contribution in [0.2, 0.25) is 0 Å². The lowest BCUT2D eigenvalue weighted by atomic mass is 10.1. The predicted octanol–water partition coefficient (Wildman–Crippen LogP) is 3.90. The van der Waals surface area contributed by atoms with Crippen LogP contribution in [0.15, 0.2) is 42.7 Å². The van der Waals surface area contributed by atoms with E-state index in [9.17, 15) is 0 Å². The van der Waals surface area contributed by atoms with Crippen molar-refractivity contribution in [3.63, 3.8) is 0 Å². The smallest absolute Gasteiger partial charge is 0.141 e. The van der Waals surface area contributed by atoms with E-state index in [4.69, 9.17) is 4.98 Å². The lowest BCUT2D eigenvalue weighted by molar-refractivity contribution is 0.413. The minimum absolute atomic E-state index is 0.0485. The third-order valence-electron chi connectivity index (χ3n) is 3.56. The van der Waals surface area contributed by atoms with Gasteiger partial charge in [0.15, 0.2) is 0 Å². The van der Waals surface area contributed by atoms with Crippen LogP contribution in [0.25, 0.3) is 22.4 Å². The molecule has 0 atom stereocenters. The van der Waals surface area contributed by atoms with Crippen molar-refractivity contribution in [2.24, 2.45) is 0 Å². The van der Waals surface area contributed by atoms with Crippen molar-refractivity contribution in [2.45, 2.75) is 26.3 Å². The molecule has 3 aromatic rings. The molecule has 0 fully saturated rings. The van der Waals surface area contributed by atoms with Crippen molar-refractivity contribution in [3.8, 4) is 11.4 Å². The summed E-state index contributed by atoms with van der Waals surface area (Å²) in [5, 5.41) is 3.14. The SMILES string of the molecule is CNc1ccc(-c2nc3cnccc3n2C(C)(C)C)cc1. The largest absolute Gasteiger partial charge is 0.388 e. The summed E-state index contributed by atoms with van der Waals surface area (Å²) >= 11 is 0. The zero-order valence-corrected chi connectivity index (χ0v) is 12.9. The fourth-order valence-corrected chi connectivity index (χ4v) is 2.59. The Morgan fingerprint density at radius 3 is 2.38 bits per heavy atom. The molecule has 108 valence electrons. The fraction of sp³-hybridized carbons (Fsp3) is 0.294. The molecular formula is C17H20N4. The van der Waals surface area contributed by atoms with Crippen LogP contribution in [0, 0.1) is 0 Å². The summed E-state index contributed by atoms with van der Waals surface area (Å²) < 4.78 is 2.28. The molecule has 3 rings (SSSR count). The van der Waals surface area contributed by atoms with E-state index >= 15 is 0 Å². The van der Waals surface area contributed by atoms with Crippen LogP contribution in [0.4, 0.5) is 5.69 Å². The average molecular weight is 280 g/mol. The number of pyridine rings is 1. The quantitative estimate of drug-likeness (QED) is 0.774. The summed E-state index contributed by atoms with van der Waals surface area (Å²) in [6.45, 7) is 6.58. The second-order valence-corrected chi connectivity index (χ2v) is 6.13. The second kappa shape index (κ2) is 4.88. The van der Waals surface area contributed by atoms with Gasteiger partial charge >= 0.3 is 0 Å². The van der Waals surface area contributed by atoms with Crippen LogP contribution in [-0.4, -0.2) is 21.6 Å². The van der Waals surface area contributed by atoms with Gasteiger partial charge in [-0.2, -0.15) is 0 Å². The number of benzene rings is 1. The Labute approximate surface area is 124 Å². The summed E-state index contributed by atoms with van der Waals surface area (Å²) in [7, 11) is 1.92. The normalized spacial score (nSPS) is 11.8. The molecule has 0 saturated heterocycles. The molecule has 2 heterocycles. The summed E-state index contributed by atoms with van der Waals surface area (Å²) in [6, 6.07) is 10.4. The van der Waals surface area contributed by atoms with Crippen LogP contribution < -0.4 is 5.32 Å². The Hall–Kier alpha value is -2.36. The zero-order valence-electron chi connectivity index (χ0n) is 12.9. The van der Waals surface area contributed by atoms with Gasteiger partial charge in [-0.15, -0.1) is 0 Å². The number of anilines is 1. The fourth-order valence-electron chi connectivity index (χ4n) is 2.59. The summed E-state index contributed by atoms with van der Waals surface area (Å²) in [6.07, 6.45) is 3.64. The molecule has 0 bridgehead atoms. The Balaban J connectivity index is 2.25. The van der Waals surface area contributed by atoms with Gasteiger partial charge in [0.25, 0.3) is 0 Å². The number of hydrogen-bond donors (Lipinski definition) is 1. The molecule has 1 aromatic carbocycles. The van der Waals surface area contributed by atoms with E-state index in [0.717, 1.165) is 28.1 Å². The van der Waals surface area contributed by atoms with Gasteiger partial charge in [-0.3, -0.25) is 4.98 Å². The van der Waals surface area contributed by atoms with Gasteiger partial charge in [0.05, 0.1) is 11.7 Å². The molecule has 4 heteroatoms. The molecule has 0 aliphatic rings. The number of fused-ring (bicyclic) bond motifs is 1. The summed E-state index contributed by atoms with van der Waals surface area (Å²) in [5.41, 5.74) is 4.21. The first kappa shape index (κ1) is 13.6. The Morgan fingerprint density at radius 2 is 1.76 bits per heavy atom. The third kappa shape index (κ3) is 2.37. The molecular weight excluding hydrogens is 260 g/mol. The lowest BCUT2D eigenvalue weighted by Crippen LogP contribution is -2.22. The second-order valence-electron chi connectivity index (χ2n) is 6.13. The number of nitrogens with zero attached hydrogens (tertiary/aromatic N) is 3. The topological polar surface area (TPSA) is 42.7 Å². The van der Waals surface area contributed by atoms with Crippen LogP contribution in [0.3, 0.4) is 0 Å². The van der Waals surface area contributed by atoms with Gasteiger partial charge in [-0.05, 0) is 51.1 Å². The van der Waals surface area contributed by atoms with Crippen molar-refractivity contribution in [3.05, 3.63) is 42.7 Å². The molecule has 0 unspecified atom stereocenters. The molecule has 0 aliphatic heterocycles. The number of aromatic nitrogens is 3. The van der Waals surface area contributed by atoms with Gasteiger partial charge in [-0.25, -0.2) is 4.98 Å². The minimum Gasteiger partial charge on any atom is -0.388 e. The van der Waals surface area contributed by atoms with E-state index in [0.29, 0.717) is 0 Å². The lowest BCUT2D eigenvalue weighted by Gasteiger charge is -2.24. The van der Waals surface area contributed by atoms with E-state index in [1.54, 1.807) is 0 Å². The molecule has 1 N–H and O–H groups in total. The van der Waals surface area contributed by atoms with Gasteiger partial charge in [0.2, 0.25) is 0 Å². The number of nitrogens with one attached hydrogen (secondary N) is 1. The standard InChI is InChI=1S/C17H20N4/c1-17(2,3)21-15-9-10-19-11-14(15)20-16(21)12-5-7-13(18-4)8-6-12/h5-11,18H,1-4H3. The summed E-state index contributed by atoms with van der Waals surface area (Å²) in [4.78, 5) is 8.97. The molecule has 0 spiro atoms. The van der Waals surface area contributed by atoms with Crippen molar-refractivity contribution in [1.82, 2.24) is 14.5 Å². The highest BCUT2D eigenvalue weighted by Gasteiger charge is 2.22. The zero-order chi connectivity index (χ0) is 15.0. The van der Waals surface area contributed by atoms with E-state index in [1.807, 2.05) is 25.5 Å². The van der Waals surface area contributed by atoms with Crippen molar-refractivity contribution < 1.29 is 0 Å². The minimum atomic E-state index is -0.0485. The maximum atomic E-state index is 4.78. The Morgan fingerprint density at radius 1 is 1.05 bits per heavy atom. The molecule has 2 aromatic heterocycles. The van der Waals surface area contributed by atoms with E-state index in [1.165, 1.54) is 0 Å². The first-order valence-corrected chi connectivity index (χ1v) is 7.12. The molecule has 4 nitrogen and oxygen atoms in total. The van der Waals surface area contributed by atoms with Crippen molar-refractivity contribution in [1.29, 1.82) is 0 Å². The molecule has 0 saturated carbocycles. The van der Waals surface area contributed by atoms with Crippen LogP contribution in [0.5, 0.6) is 0 Å². The van der Waals surface area contributed by atoms with Gasteiger partial charge in [-0.1, -0.05) is 0 Å². The Bertz CT molecular complexity index is 764. The van der Waals surface area contributed by atoms with Gasteiger partial charge < -0.3 is 9.88 Å². The molecule has 0 amide bonds. The Kier molecular flexibility index (Phi) is 3.16.